The van der Waals surface area contributed by atoms with Crippen molar-refractivity contribution < 1.29 is 27.5 Å². The molecular weight excluding hydrogens is 529 g/mol. The Bertz CT molecular complexity index is 1320. The fourth-order valence-electron chi connectivity index (χ4n) is 5.63. The van der Waals surface area contributed by atoms with Gasteiger partial charge in [0.15, 0.2) is 5.78 Å². The second kappa shape index (κ2) is 12.4. The molecule has 1 saturated carbocycles. The molecule has 41 heavy (non-hydrogen) atoms. The largest absolute Gasteiger partial charge is 0.493 e. The quantitative estimate of drug-likeness (QED) is 0.310. The maximum absolute atomic E-state index is 13.9. The van der Waals surface area contributed by atoms with Gasteiger partial charge in [0.05, 0.1) is 23.4 Å². The second-order valence-corrected chi connectivity index (χ2v) is 12.6. The summed E-state index contributed by atoms with van der Waals surface area (Å²) in [5, 5.41) is 2.80. The molecule has 1 heterocycles. The third kappa shape index (κ3) is 7.77. The third-order valence-corrected chi connectivity index (χ3v) is 8.07. The molecule has 2 aromatic carbocycles. The van der Waals surface area contributed by atoms with Crippen molar-refractivity contribution in [1.29, 1.82) is 0 Å². The number of carbonyl (C=O) groups is 2. The Labute approximate surface area is 241 Å². The van der Waals surface area contributed by atoms with E-state index in [2.05, 4.69) is 17.2 Å². The standard InChI is InChI=1S/C33H41F3N2O3/c1-6-41-30-17-24-16-25(38-28(24)18-26(30)29(39)14-21-9-7-20(2)8-10-21)15-23-13-22(11-12-27(23)33(34,35)36)19-37-31(40)32(3,4)5/h11-13,17-18,20-21H,6-10,14-16,19H2,1-5H3,(H,37,40). The van der Waals surface area contributed by atoms with Crippen molar-refractivity contribution in [3.8, 4) is 5.75 Å². The molecule has 222 valence electrons. The topological polar surface area (TPSA) is 67.8 Å². The first-order valence-electron chi connectivity index (χ1n) is 14.6. The molecule has 1 fully saturated rings. The number of rotatable bonds is 9. The fraction of sp³-hybridized carbons (Fsp3) is 0.545. The zero-order valence-corrected chi connectivity index (χ0v) is 24.7. The minimum Gasteiger partial charge on any atom is -0.493 e. The molecule has 0 spiro atoms. The number of nitrogens with one attached hydrogen (secondary N) is 1. The number of ketones is 1. The SMILES string of the molecule is CCOc1cc2c(cc1C(=O)CC1CCC(C)CC1)N=C(Cc1cc(CNC(=O)C(C)(C)C)ccc1C(F)(F)F)C2. The summed E-state index contributed by atoms with van der Waals surface area (Å²) in [4.78, 5) is 30.3. The second-order valence-electron chi connectivity index (χ2n) is 12.6. The summed E-state index contributed by atoms with van der Waals surface area (Å²) in [5.74, 6) is 1.44. The van der Waals surface area contributed by atoms with Crippen molar-refractivity contribution in [1.82, 2.24) is 5.32 Å². The summed E-state index contributed by atoms with van der Waals surface area (Å²) in [6.07, 6.45) is 0.707. The maximum Gasteiger partial charge on any atom is 0.416 e. The molecule has 0 unspecified atom stereocenters. The number of Topliss-reactive ketones (excluding diaryl/α,β-unsaturated/α-hetero) is 1. The van der Waals surface area contributed by atoms with Crippen LogP contribution in [0.4, 0.5) is 18.9 Å². The van der Waals surface area contributed by atoms with E-state index in [1.165, 1.54) is 12.1 Å². The lowest BCUT2D eigenvalue weighted by Crippen LogP contribution is -2.34. The van der Waals surface area contributed by atoms with Crippen LogP contribution in [0.2, 0.25) is 0 Å². The van der Waals surface area contributed by atoms with Crippen molar-refractivity contribution in [2.45, 2.75) is 92.3 Å². The van der Waals surface area contributed by atoms with Crippen molar-refractivity contribution in [2.75, 3.05) is 6.61 Å². The Hall–Kier alpha value is -3.16. The van der Waals surface area contributed by atoms with Gasteiger partial charge < -0.3 is 10.1 Å². The number of fused-ring (bicyclic) bond motifs is 1. The highest BCUT2D eigenvalue weighted by atomic mass is 19.4. The van der Waals surface area contributed by atoms with Gasteiger partial charge in [0.25, 0.3) is 0 Å². The van der Waals surface area contributed by atoms with E-state index in [0.29, 0.717) is 59.6 Å². The number of hydrogen-bond donors (Lipinski definition) is 1. The van der Waals surface area contributed by atoms with Gasteiger partial charge in [0.2, 0.25) is 5.91 Å². The van der Waals surface area contributed by atoms with Crippen molar-refractivity contribution in [2.24, 2.45) is 22.2 Å². The van der Waals surface area contributed by atoms with E-state index in [1.807, 2.05) is 13.0 Å². The van der Waals surface area contributed by atoms with Crippen LogP contribution < -0.4 is 10.1 Å². The highest BCUT2D eigenvalue weighted by Gasteiger charge is 2.34. The Kier molecular flexibility index (Phi) is 9.29. The Morgan fingerprint density at radius 2 is 1.76 bits per heavy atom. The zero-order chi connectivity index (χ0) is 29.9. The van der Waals surface area contributed by atoms with Crippen LogP contribution in [0, 0.1) is 17.3 Å². The van der Waals surface area contributed by atoms with Crippen molar-refractivity contribution in [3.05, 3.63) is 58.1 Å². The molecule has 0 atom stereocenters. The molecule has 4 rings (SSSR count). The van der Waals surface area contributed by atoms with Gasteiger partial charge in [-0.15, -0.1) is 0 Å². The predicted molar refractivity (Wildman–Crippen MR) is 155 cm³/mol. The lowest BCUT2D eigenvalue weighted by atomic mass is 9.80. The third-order valence-electron chi connectivity index (χ3n) is 8.07. The number of carbonyl (C=O) groups excluding carboxylic acids is 2. The molecule has 1 amide bonds. The predicted octanol–water partition coefficient (Wildman–Crippen LogP) is 8.04. The molecule has 1 aliphatic carbocycles. The Balaban J connectivity index is 1.56. The van der Waals surface area contributed by atoms with Gasteiger partial charge in [0, 0.05) is 36.9 Å². The number of alkyl halides is 3. The number of ether oxygens (including phenoxy) is 1. The number of nitrogens with zero attached hydrogens (tertiary/aromatic N) is 1. The van der Waals surface area contributed by atoms with E-state index >= 15 is 0 Å². The van der Waals surface area contributed by atoms with Crippen molar-refractivity contribution in [3.63, 3.8) is 0 Å². The van der Waals surface area contributed by atoms with Gasteiger partial charge in [0.1, 0.15) is 5.75 Å². The van der Waals surface area contributed by atoms with E-state index in [4.69, 9.17) is 4.74 Å². The summed E-state index contributed by atoms with van der Waals surface area (Å²) in [6, 6.07) is 7.56. The summed E-state index contributed by atoms with van der Waals surface area (Å²) < 4.78 is 47.6. The maximum atomic E-state index is 13.9. The van der Waals surface area contributed by atoms with Crippen molar-refractivity contribution >= 4 is 23.1 Å². The number of hydrogen-bond acceptors (Lipinski definition) is 4. The van der Waals surface area contributed by atoms with Gasteiger partial charge in [-0.2, -0.15) is 13.2 Å². The van der Waals surface area contributed by atoms with E-state index in [-0.39, 0.29) is 30.2 Å². The Morgan fingerprint density at radius 3 is 2.39 bits per heavy atom. The smallest absolute Gasteiger partial charge is 0.416 e. The first kappa shape index (κ1) is 30.8. The molecule has 0 aromatic heterocycles. The first-order chi connectivity index (χ1) is 19.2. The molecule has 1 N–H and O–H groups in total. The average Bonchev–Trinajstić information content (AvgIpc) is 3.28. The van der Waals surface area contributed by atoms with Crippen LogP contribution in [-0.2, 0) is 30.4 Å². The molecule has 0 bridgehead atoms. The van der Waals surface area contributed by atoms with E-state index < -0.39 is 17.2 Å². The zero-order valence-electron chi connectivity index (χ0n) is 24.7. The van der Waals surface area contributed by atoms with Crippen LogP contribution >= 0.6 is 0 Å². The normalized spacial score (nSPS) is 19.0. The molecule has 1 aliphatic heterocycles. The van der Waals surface area contributed by atoms with Crippen LogP contribution in [0.5, 0.6) is 5.75 Å². The highest BCUT2D eigenvalue weighted by Crippen LogP contribution is 2.38. The van der Waals surface area contributed by atoms with E-state index in [9.17, 15) is 22.8 Å². The summed E-state index contributed by atoms with van der Waals surface area (Å²) >= 11 is 0. The summed E-state index contributed by atoms with van der Waals surface area (Å²) in [5.41, 5.74) is 1.94. The average molecular weight is 571 g/mol. The minimum atomic E-state index is -4.52. The molecule has 2 aliphatic rings. The fourth-order valence-corrected chi connectivity index (χ4v) is 5.63. The number of benzene rings is 2. The number of amides is 1. The molecular formula is C33H41F3N2O3. The molecule has 0 saturated heterocycles. The van der Waals surface area contributed by atoms with Crippen LogP contribution in [0.25, 0.3) is 0 Å². The number of aliphatic imine (C=N–C) groups is 1. The first-order valence-corrected chi connectivity index (χ1v) is 14.6. The number of halogens is 3. The molecule has 0 radical (unpaired) electrons. The van der Waals surface area contributed by atoms with Gasteiger partial charge in [-0.25, -0.2) is 0 Å². The van der Waals surface area contributed by atoms with Crippen LogP contribution in [0.15, 0.2) is 35.3 Å². The van der Waals surface area contributed by atoms with Gasteiger partial charge >= 0.3 is 6.18 Å². The van der Waals surface area contributed by atoms with E-state index in [0.717, 1.165) is 37.3 Å². The van der Waals surface area contributed by atoms with Gasteiger partial charge in [-0.1, -0.05) is 52.7 Å². The van der Waals surface area contributed by atoms with Gasteiger partial charge in [-0.3, -0.25) is 14.6 Å². The molecule has 5 nitrogen and oxygen atoms in total. The minimum absolute atomic E-state index is 0.0120. The molecule has 2 aromatic rings. The Morgan fingerprint density at radius 1 is 1.05 bits per heavy atom. The monoisotopic (exact) mass is 570 g/mol. The van der Waals surface area contributed by atoms with Crippen LogP contribution in [0.3, 0.4) is 0 Å². The lowest BCUT2D eigenvalue weighted by molar-refractivity contribution is -0.138. The van der Waals surface area contributed by atoms with Crippen LogP contribution in [0.1, 0.15) is 99.3 Å². The molecule has 8 heteroatoms. The van der Waals surface area contributed by atoms with Crippen LogP contribution in [-0.4, -0.2) is 24.0 Å². The highest BCUT2D eigenvalue weighted by molar-refractivity contribution is 6.02. The van der Waals surface area contributed by atoms with E-state index in [1.54, 1.807) is 26.8 Å². The summed E-state index contributed by atoms with van der Waals surface area (Å²) in [6.45, 7) is 9.99. The lowest BCUT2D eigenvalue weighted by Gasteiger charge is -2.25. The summed E-state index contributed by atoms with van der Waals surface area (Å²) in [7, 11) is 0. The van der Waals surface area contributed by atoms with Gasteiger partial charge in [-0.05, 0) is 66.5 Å².